The fraction of sp³-hybridized carbons (Fsp3) is 0.538. The number of hydrogen-bond acceptors (Lipinski definition) is 3. The Morgan fingerprint density at radius 2 is 2.05 bits per heavy atom. The van der Waals surface area contributed by atoms with E-state index >= 15 is 0 Å². The molecule has 0 atom stereocenters. The Morgan fingerprint density at radius 1 is 1.40 bits per heavy atom. The largest absolute Gasteiger partial charge is 0.385 e. The van der Waals surface area contributed by atoms with Gasteiger partial charge in [-0.2, -0.15) is 0 Å². The second-order valence-electron chi connectivity index (χ2n) is 5.31. The number of rotatable bonds is 7. The van der Waals surface area contributed by atoms with Gasteiger partial charge in [0, 0.05) is 20.3 Å². The van der Waals surface area contributed by atoms with Gasteiger partial charge in [-0.25, -0.2) is 17.5 Å². The van der Waals surface area contributed by atoms with Crippen molar-refractivity contribution in [1.29, 1.82) is 0 Å². The highest BCUT2D eigenvalue weighted by Gasteiger charge is 2.22. The van der Waals surface area contributed by atoms with Crippen molar-refractivity contribution in [2.45, 2.75) is 25.2 Å². The number of sulfonamides is 1. The molecule has 7 heteroatoms. The van der Waals surface area contributed by atoms with Crippen LogP contribution in [0.2, 0.25) is 0 Å². The summed E-state index contributed by atoms with van der Waals surface area (Å²) in [6.45, 7) is 4.70. The van der Waals surface area contributed by atoms with Crippen LogP contribution in [0.5, 0.6) is 0 Å². The molecule has 20 heavy (non-hydrogen) atoms. The molecular weight excluding hydrogens is 349 g/mol. The molecule has 0 radical (unpaired) electrons. The molecule has 0 aromatic heterocycles. The first-order valence-corrected chi connectivity index (χ1v) is 8.39. The predicted octanol–water partition coefficient (Wildman–Crippen LogP) is 2.93. The van der Waals surface area contributed by atoms with Crippen molar-refractivity contribution in [3.8, 4) is 0 Å². The minimum atomic E-state index is -3.71. The van der Waals surface area contributed by atoms with Gasteiger partial charge in [0.1, 0.15) is 5.82 Å². The SMILES string of the molecule is COCCC(C)(C)CNS(=O)(=O)c1ccc(Br)c(F)c1. The van der Waals surface area contributed by atoms with Gasteiger partial charge in [0.25, 0.3) is 0 Å². The zero-order valence-electron chi connectivity index (χ0n) is 11.7. The fourth-order valence-electron chi connectivity index (χ4n) is 1.48. The highest BCUT2D eigenvalue weighted by Crippen LogP contribution is 2.22. The number of halogens is 2. The van der Waals surface area contributed by atoms with E-state index in [4.69, 9.17) is 4.74 Å². The lowest BCUT2D eigenvalue weighted by molar-refractivity contribution is 0.153. The molecule has 1 N–H and O–H groups in total. The van der Waals surface area contributed by atoms with Crippen molar-refractivity contribution in [1.82, 2.24) is 4.72 Å². The first-order chi connectivity index (χ1) is 9.18. The van der Waals surface area contributed by atoms with Crippen molar-refractivity contribution < 1.29 is 17.5 Å². The smallest absolute Gasteiger partial charge is 0.240 e. The summed E-state index contributed by atoms with van der Waals surface area (Å²) in [5.41, 5.74) is -0.239. The maximum atomic E-state index is 13.4. The molecule has 114 valence electrons. The van der Waals surface area contributed by atoms with Crippen LogP contribution in [0.3, 0.4) is 0 Å². The molecule has 0 heterocycles. The Morgan fingerprint density at radius 3 is 2.60 bits per heavy atom. The summed E-state index contributed by atoms with van der Waals surface area (Å²) >= 11 is 2.99. The van der Waals surface area contributed by atoms with Crippen LogP contribution in [0.25, 0.3) is 0 Å². The van der Waals surface area contributed by atoms with E-state index in [-0.39, 0.29) is 21.3 Å². The van der Waals surface area contributed by atoms with Crippen LogP contribution in [0.15, 0.2) is 27.6 Å². The zero-order chi connectivity index (χ0) is 15.4. The monoisotopic (exact) mass is 367 g/mol. The summed E-state index contributed by atoms with van der Waals surface area (Å²) in [4.78, 5) is -0.0826. The lowest BCUT2D eigenvalue weighted by Gasteiger charge is -2.24. The molecule has 0 amide bonds. The van der Waals surface area contributed by atoms with Crippen LogP contribution in [0.1, 0.15) is 20.3 Å². The first-order valence-electron chi connectivity index (χ1n) is 6.12. The standard InChI is InChI=1S/C13H19BrFNO3S/c1-13(2,6-7-19-3)9-16-20(17,18)10-4-5-11(14)12(15)8-10/h4-5,8,16H,6-7,9H2,1-3H3. The molecule has 4 nitrogen and oxygen atoms in total. The predicted molar refractivity (Wildman–Crippen MR) is 79.6 cm³/mol. The van der Waals surface area contributed by atoms with Gasteiger partial charge in [0.2, 0.25) is 10.0 Å². The molecule has 1 rings (SSSR count). The molecule has 0 aliphatic carbocycles. The third kappa shape index (κ3) is 5.12. The Kier molecular flexibility index (Phi) is 6.12. The molecule has 0 aliphatic heterocycles. The Hall–Kier alpha value is -0.500. The van der Waals surface area contributed by atoms with Crippen molar-refractivity contribution in [3.63, 3.8) is 0 Å². The van der Waals surface area contributed by atoms with Gasteiger partial charge in [-0.05, 0) is 46.0 Å². The summed E-state index contributed by atoms with van der Waals surface area (Å²) in [7, 11) is -2.11. The summed E-state index contributed by atoms with van der Waals surface area (Å²) in [5, 5.41) is 0. The summed E-state index contributed by atoms with van der Waals surface area (Å²) < 4.78 is 45.3. The molecule has 0 bridgehead atoms. The lowest BCUT2D eigenvalue weighted by Crippen LogP contribution is -2.34. The van der Waals surface area contributed by atoms with Crippen LogP contribution in [-0.2, 0) is 14.8 Å². The van der Waals surface area contributed by atoms with E-state index in [1.54, 1.807) is 7.11 Å². The quantitative estimate of drug-likeness (QED) is 0.805. The molecule has 0 aliphatic rings. The van der Waals surface area contributed by atoms with Crippen molar-refractivity contribution >= 4 is 26.0 Å². The van der Waals surface area contributed by atoms with E-state index in [0.717, 1.165) is 12.5 Å². The normalized spacial score (nSPS) is 12.7. The highest BCUT2D eigenvalue weighted by atomic mass is 79.9. The number of nitrogens with one attached hydrogen (secondary N) is 1. The Balaban J connectivity index is 2.77. The number of methoxy groups -OCH3 is 1. The summed E-state index contributed by atoms with van der Waals surface area (Å²) in [5.74, 6) is -0.605. The van der Waals surface area contributed by atoms with Gasteiger partial charge in [-0.1, -0.05) is 13.8 Å². The molecule has 1 aromatic carbocycles. The molecule has 0 spiro atoms. The maximum absolute atomic E-state index is 13.4. The van der Waals surface area contributed by atoms with E-state index in [0.29, 0.717) is 6.61 Å². The first kappa shape index (κ1) is 17.6. The Bertz CT molecular complexity index is 561. The summed E-state index contributed by atoms with van der Waals surface area (Å²) in [6.07, 6.45) is 0.723. The van der Waals surface area contributed by atoms with Crippen molar-refractivity contribution in [2.24, 2.45) is 5.41 Å². The number of hydrogen-bond donors (Lipinski definition) is 1. The average molecular weight is 368 g/mol. The molecular formula is C13H19BrFNO3S. The van der Waals surface area contributed by atoms with E-state index < -0.39 is 15.8 Å². The molecule has 0 fully saturated rings. The van der Waals surface area contributed by atoms with Crippen LogP contribution in [-0.4, -0.2) is 28.7 Å². The van der Waals surface area contributed by atoms with E-state index in [2.05, 4.69) is 20.7 Å². The molecule has 1 aromatic rings. The number of benzene rings is 1. The minimum absolute atomic E-state index is 0.0826. The van der Waals surface area contributed by atoms with Crippen LogP contribution >= 0.6 is 15.9 Å². The third-order valence-corrected chi connectivity index (χ3v) is 4.97. The van der Waals surface area contributed by atoms with Crippen LogP contribution in [0.4, 0.5) is 4.39 Å². The second-order valence-corrected chi connectivity index (χ2v) is 7.93. The molecule has 0 unspecified atom stereocenters. The van der Waals surface area contributed by atoms with Gasteiger partial charge in [0.15, 0.2) is 0 Å². The lowest BCUT2D eigenvalue weighted by atomic mass is 9.90. The van der Waals surface area contributed by atoms with Gasteiger partial charge in [-0.3, -0.25) is 0 Å². The van der Waals surface area contributed by atoms with E-state index in [9.17, 15) is 12.8 Å². The average Bonchev–Trinajstić information content (AvgIpc) is 2.37. The molecule has 0 saturated heterocycles. The third-order valence-electron chi connectivity index (χ3n) is 2.93. The highest BCUT2D eigenvalue weighted by molar-refractivity contribution is 9.10. The fourth-order valence-corrected chi connectivity index (χ4v) is 2.98. The topological polar surface area (TPSA) is 55.4 Å². The molecule has 0 saturated carbocycles. The maximum Gasteiger partial charge on any atom is 0.240 e. The van der Waals surface area contributed by atoms with E-state index in [1.165, 1.54) is 12.1 Å². The van der Waals surface area contributed by atoms with Crippen LogP contribution < -0.4 is 4.72 Å². The van der Waals surface area contributed by atoms with Crippen molar-refractivity contribution in [2.75, 3.05) is 20.3 Å². The van der Waals surface area contributed by atoms with Gasteiger partial charge in [0.05, 0.1) is 9.37 Å². The van der Waals surface area contributed by atoms with Gasteiger partial charge in [-0.15, -0.1) is 0 Å². The second kappa shape index (κ2) is 6.98. The zero-order valence-corrected chi connectivity index (χ0v) is 14.1. The van der Waals surface area contributed by atoms with Gasteiger partial charge >= 0.3 is 0 Å². The van der Waals surface area contributed by atoms with E-state index in [1.807, 2.05) is 13.8 Å². The van der Waals surface area contributed by atoms with Gasteiger partial charge < -0.3 is 4.74 Å². The minimum Gasteiger partial charge on any atom is -0.385 e. The Labute approximate surface area is 127 Å². The number of ether oxygens (including phenoxy) is 1. The van der Waals surface area contributed by atoms with Crippen molar-refractivity contribution in [3.05, 3.63) is 28.5 Å². The summed E-state index contributed by atoms with van der Waals surface area (Å²) in [6, 6.07) is 3.73. The van der Waals surface area contributed by atoms with Crippen LogP contribution in [0, 0.1) is 11.2 Å².